The van der Waals surface area contributed by atoms with E-state index < -0.39 is 0 Å². The van der Waals surface area contributed by atoms with Gasteiger partial charge in [-0.3, -0.25) is 4.79 Å². The summed E-state index contributed by atoms with van der Waals surface area (Å²) in [6.45, 7) is 0. The third kappa shape index (κ3) is 4.42. The number of ketones is 1. The summed E-state index contributed by atoms with van der Waals surface area (Å²) < 4.78 is 23.6. The molecule has 3 aromatic carbocycles. The van der Waals surface area contributed by atoms with Gasteiger partial charge in [0.1, 0.15) is 5.82 Å². The molecule has 3 nitrogen and oxygen atoms in total. The zero-order chi connectivity index (χ0) is 19.2. The molecule has 0 aliphatic heterocycles. The van der Waals surface area contributed by atoms with E-state index >= 15 is 0 Å². The molecule has 0 fully saturated rings. The van der Waals surface area contributed by atoms with Crippen molar-refractivity contribution in [2.75, 3.05) is 14.2 Å². The van der Waals surface area contributed by atoms with Crippen molar-refractivity contribution in [3.05, 3.63) is 89.8 Å². The molecule has 0 bridgehead atoms. The fourth-order valence-electron chi connectivity index (χ4n) is 2.72. The Balaban J connectivity index is 1.81. The molecule has 0 amide bonds. The predicted octanol–water partition coefficient (Wildman–Crippen LogP) is 5.41. The van der Waals surface area contributed by atoms with E-state index in [1.807, 2.05) is 18.2 Å². The first-order valence-corrected chi connectivity index (χ1v) is 8.41. The number of methoxy groups -OCH3 is 2. The minimum Gasteiger partial charge on any atom is -0.493 e. The third-order valence-electron chi connectivity index (χ3n) is 4.16. The van der Waals surface area contributed by atoms with Crippen LogP contribution in [0.15, 0.2) is 72.8 Å². The third-order valence-corrected chi connectivity index (χ3v) is 4.16. The highest BCUT2D eigenvalue weighted by Gasteiger charge is 2.06. The van der Waals surface area contributed by atoms with Crippen LogP contribution in [0.2, 0.25) is 0 Å². The lowest BCUT2D eigenvalue weighted by Crippen LogP contribution is -1.95. The maximum atomic E-state index is 13.1. The number of rotatable bonds is 6. The van der Waals surface area contributed by atoms with E-state index in [4.69, 9.17) is 9.47 Å². The quantitative estimate of drug-likeness (QED) is 0.435. The van der Waals surface area contributed by atoms with Gasteiger partial charge in [0.2, 0.25) is 0 Å². The lowest BCUT2D eigenvalue weighted by atomic mass is 10.0. The van der Waals surface area contributed by atoms with E-state index in [-0.39, 0.29) is 11.6 Å². The van der Waals surface area contributed by atoms with Gasteiger partial charge in [-0.25, -0.2) is 4.39 Å². The zero-order valence-corrected chi connectivity index (χ0v) is 15.1. The van der Waals surface area contributed by atoms with Gasteiger partial charge in [-0.15, -0.1) is 0 Å². The van der Waals surface area contributed by atoms with Crippen LogP contribution in [0.4, 0.5) is 4.39 Å². The number of carbonyl (C=O) groups is 1. The molecular formula is C23H19FO3. The summed E-state index contributed by atoms with van der Waals surface area (Å²) in [5.74, 6) is 0.830. The Labute approximate surface area is 157 Å². The molecular weight excluding hydrogens is 343 g/mol. The van der Waals surface area contributed by atoms with Crippen molar-refractivity contribution < 1.29 is 18.7 Å². The largest absolute Gasteiger partial charge is 0.493 e. The first-order chi connectivity index (χ1) is 13.1. The Morgan fingerprint density at radius 2 is 1.59 bits per heavy atom. The van der Waals surface area contributed by atoms with E-state index in [2.05, 4.69) is 0 Å². The fourth-order valence-corrected chi connectivity index (χ4v) is 2.72. The molecule has 0 radical (unpaired) electrons. The van der Waals surface area contributed by atoms with Crippen molar-refractivity contribution >= 4 is 11.9 Å². The highest BCUT2D eigenvalue weighted by molar-refractivity contribution is 6.07. The van der Waals surface area contributed by atoms with Gasteiger partial charge in [0.15, 0.2) is 17.3 Å². The summed E-state index contributed by atoms with van der Waals surface area (Å²) in [5.41, 5.74) is 3.11. The lowest BCUT2D eigenvalue weighted by Gasteiger charge is -2.07. The number of ether oxygens (including phenoxy) is 2. The topological polar surface area (TPSA) is 35.5 Å². The van der Waals surface area contributed by atoms with Crippen LogP contribution in [0, 0.1) is 5.82 Å². The van der Waals surface area contributed by atoms with Crippen molar-refractivity contribution in [2.45, 2.75) is 0 Å². The van der Waals surface area contributed by atoms with Crippen LogP contribution in [0.25, 0.3) is 17.2 Å². The molecule has 0 N–H and O–H groups in total. The number of benzene rings is 3. The van der Waals surface area contributed by atoms with Crippen molar-refractivity contribution in [3.8, 4) is 22.6 Å². The number of carbonyl (C=O) groups excluding carboxylic acids is 1. The second kappa shape index (κ2) is 8.32. The van der Waals surface area contributed by atoms with Crippen LogP contribution in [0.5, 0.6) is 11.5 Å². The summed E-state index contributed by atoms with van der Waals surface area (Å²) in [6.07, 6.45) is 3.25. The molecule has 0 aliphatic rings. The van der Waals surface area contributed by atoms with Crippen molar-refractivity contribution in [3.63, 3.8) is 0 Å². The Hall–Kier alpha value is -3.40. The lowest BCUT2D eigenvalue weighted by molar-refractivity contribution is 0.104. The highest BCUT2D eigenvalue weighted by Crippen LogP contribution is 2.28. The van der Waals surface area contributed by atoms with Crippen molar-refractivity contribution in [1.82, 2.24) is 0 Å². The molecule has 3 rings (SSSR count). The molecule has 0 spiro atoms. The Kier molecular flexibility index (Phi) is 5.67. The molecule has 0 aromatic heterocycles. The first-order valence-electron chi connectivity index (χ1n) is 8.41. The van der Waals surface area contributed by atoms with E-state index in [1.54, 1.807) is 56.7 Å². The average Bonchev–Trinajstić information content (AvgIpc) is 2.72. The molecule has 0 aliphatic carbocycles. The fraction of sp³-hybridized carbons (Fsp3) is 0.0870. The van der Waals surface area contributed by atoms with Crippen molar-refractivity contribution in [1.29, 1.82) is 0 Å². The summed E-state index contributed by atoms with van der Waals surface area (Å²) in [7, 11) is 3.14. The molecule has 0 heterocycles. The summed E-state index contributed by atoms with van der Waals surface area (Å²) in [6, 6.07) is 18.9. The molecule has 0 saturated heterocycles. The van der Waals surface area contributed by atoms with Gasteiger partial charge in [0, 0.05) is 5.56 Å². The van der Waals surface area contributed by atoms with Crippen LogP contribution < -0.4 is 9.47 Å². The smallest absolute Gasteiger partial charge is 0.185 e. The van der Waals surface area contributed by atoms with Crippen LogP contribution in [0.1, 0.15) is 15.9 Å². The van der Waals surface area contributed by atoms with E-state index in [9.17, 15) is 9.18 Å². The van der Waals surface area contributed by atoms with E-state index in [0.29, 0.717) is 17.1 Å². The van der Waals surface area contributed by atoms with Gasteiger partial charge in [-0.05, 0) is 53.1 Å². The van der Waals surface area contributed by atoms with Gasteiger partial charge in [0.25, 0.3) is 0 Å². The second-order valence-corrected chi connectivity index (χ2v) is 5.90. The zero-order valence-electron chi connectivity index (χ0n) is 15.1. The van der Waals surface area contributed by atoms with Gasteiger partial charge in [-0.2, -0.15) is 0 Å². The normalized spacial score (nSPS) is 10.8. The standard InChI is InChI=1S/C23H19FO3/c1-26-22-13-7-16(14-23(22)27-2)6-12-21(25)19-5-3-4-18(15-19)17-8-10-20(24)11-9-17/h3-15H,1-2H3/b12-6+. The van der Waals surface area contributed by atoms with Gasteiger partial charge >= 0.3 is 0 Å². The van der Waals surface area contributed by atoms with Gasteiger partial charge in [0.05, 0.1) is 14.2 Å². The van der Waals surface area contributed by atoms with Crippen LogP contribution in [0.3, 0.4) is 0 Å². The maximum absolute atomic E-state index is 13.1. The predicted molar refractivity (Wildman–Crippen MR) is 105 cm³/mol. The molecule has 0 unspecified atom stereocenters. The van der Waals surface area contributed by atoms with E-state index in [1.165, 1.54) is 18.2 Å². The first kappa shape index (κ1) is 18.4. The maximum Gasteiger partial charge on any atom is 0.185 e. The summed E-state index contributed by atoms with van der Waals surface area (Å²) in [5, 5.41) is 0. The Morgan fingerprint density at radius 1 is 0.852 bits per heavy atom. The van der Waals surface area contributed by atoms with E-state index in [0.717, 1.165) is 16.7 Å². The molecule has 27 heavy (non-hydrogen) atoms. The number of allylic oxidation sites excluding steroid dienone is 1. The molecule has 136 valence electrons. The summed E-state index contributed by atoms with van der Waals surface area (Å²) in [4.78, 5) is 12.5. The number of hydrogen-bond donors (Lipinski definition) is 0. The second-order valence-electron chi connectivity index (χ2n) is 5.90. The highest BCUT2D eigenvalue weighted by atomic mass is 19.1. The van der Waals surface area contributed by atoms with Crippen molar-refractivity contribution in [2.24, 2.45) is 0 Å². The minimum atomic E-state index is -0.288. The number of halogens is 1. The monoisotopic (exact) mass is 362 g/mol. The SMILES string of the molecule is COc1ccc(/C=C/C(=O)c2cccc(-c3ccc(F)cc3)c2)cc1OC. The molecule has 4 heteroatoms. The number of hydrogen-bond acceptors (Lipinski definition) is 3. The average molecular weight is 362 g/mol. The van der Waals surface area contributed by atoms with Crippen LogP contribution >= 0.6 is 0 Å². The van der Waals surface area contributed by atoms with Gasteiger partial charge in [-0.1, -0.05) is 42.5 Å². The summed E-state index contributed by atoms with van der Waals surface area (Å²) >= 11 is 0. The minimum absolute atomic E-state index is 0.117. The molecule has 0 saturated carbocycles. The van der Waals surface area contributed by atoms with Gasteiger partial charge < -0.3 is 9.47 Å². The Morgan fingerprint density at radius 3 is 2.30 bits per heavy atom. The Bertz CT molecular complexity index is 975. The van der Waals surface area contributed by atoms with Crippen LogP contribution in [-0.2, 0) is 0 Å². The molecule has 3 aromatic rings. The van der Waals surface area contributed by atoms with Crippen LogP contribution in [-0.4, -0.2) is 20.0 Å². The molecule has 0 atom stereocenters.